The van der Waals surface area contributed by atoms with Crippen LogP contribution >= 0.6 is 0 Å². The van der Waals surface area contributed by atoms with Crippen molar-refractivity contribution in [3.8, 4) is 11.1 Å². The number of benzene rings is 1. The number of pyridine rings is 2. The molecule has 0 spiro atoms. The molecule has 0 saturated heterocycles. The summed E-state index contributed by atoms with van der Waals surface area (Å²) in [7, 11) is 0. The summed E-state index contributed by atoms with van der Waals surface area (Å²) in [4.78, 5) is 33.0. The molecular weight excluding hydrogens is 482 g/mol. The van der Waals surface area contributed by atoms with Crippen molar-refractivity contribution in [2.75, 3.05) is 23.8 Å². The van der Waals surface area contributed by atoms with E-state index < -0.39 is 31.4 Å². The van der Waals surface area contributed by atoms with E-state index in [0.717, 1.165) is 12.8 Å². The Bertz CT molecular complexity index is 1330. The number of carbonyl (C=O) groups excluding carboxylic acids is 2. The highest BCUT2D eigenvalue weighted by molar-refractivity contribution is 5.95. The molecule has 3 N–H and O–H groups in total. The van der Waals surface area contributed by atoms with Crippen LogP contribution in [0.2, 0.25) is 0 Å². The number of aromatic nitrogens is 2. The molecule has 0 aliphatic heterocycles. The second-order valence-electron chi connectivity index (χ2n) is 8.47. The van der Waals surface area contributed by atoms with Gasteiger partial charge in [0.2, 0.25) is 5.91 Å². The first kappa shape index (κ1) is 25.3. The first-order chi connectivity index (χ1) is 17.0. The van der Waals surface area contributed by atoms with Crippen molar-refractivity contribution in [1.29, 1.82) is 0 Å². The second kappa shape index (κ2) is 10.1. The van der Waals surface area contributed by atoms with Crippen LogP contribution in [0, 0.1) is 25.6 Å². The van der Waals surface area contributed by atoms with E-state index in [9.17, 15) is 27.2 Å². The second-order valence-corrected chi connectivity index (χ2v) is 8.47. The Morgan fingerprint density at radius 2 is 1.83 bits per heavy atom. The fourth-order valence-electron chi connectivity index (χ4n) is 3.64. The van der Waals surface area contributed by atoms with Crippen LogP contribution in [0.25, 0.3) is 22.0 Å². The predicted molar refractivity (Wildman–Crippen MR) is 125 cm³/mol. The molecule has 36 heavy (non-hydrogen) atoms. The topological polar surface area (TPSA) is 105 Å². The summed E-state index contributed by atoms with van der Waals surface area (Å²) in [6.07, 6.45) is -1.46. The van der Waals surface area contributed by atoms with Gasteiger partial charge in [-0.3, -0.25) is 14.5 Å². The zero-order chi connectivity index (χ0) is 26.0. The quantitative estimate of drug-likeness (QED) is 0.308. The molecule has 0 atom stereocenters. The minimum absolute atomic E-state index is 0.0409. The standard InChI is InChI=1S/C24H23F4N5O3/c1-12-7-18(25)20(32-23(35)29-5-6-36-24(26,27)28)9-16(12)17-8-15-11-30-21(10-19(15)31-13(17)2)33-22(34)14-3-4-14/h7-11,14H,3-6H2,1-2H3,(H2,29,32,35)(H,30,33,34). The highest BCUT2D eigenvalue weighted by atomic mass is 19.4. The van der Waals surface area contributed by atoms with Gasteiger partial charge >= 0.3 is 12.4 Å². The van der Waals surface area contributed by atoms with E-state index in [1.54, 1.807) is 26.1 Å². The maximum absolute atomic E-state index is 14.5. The fraction of sp³-hybridized carbons (Fsp3) is 0.333. The molecule has 2 aromatic heterocycles. The minimum Gasteiger partial charge on any atom is -0.336 e. The summed E-state index contributed by atoms with van der Waals surface area (Å²) in [5.41, 5.74) is 2.96. The highest BCUT2D eigenvalue weighted by Crippen LogP contribution is 2.33. The minimum atomic E-state index is -4.80. The van der Waals surface area contributed by atoms with Gasteiger partial charge in [0, 0.05) is 41.4 Å². The van der Waals surface area contributed by atoms with Gasteiger partial charge in [-0.2, -0.15) is 0 Å². The number of carbonyl (C=O) groups is 2. The van der Waals surface area contributed by atoms with E-state index in [-0.39, 0.29) is 17.5 Å². The number of nitrogens with zero attached hydrogens (tertiary/aromatic N) is 2. The molecule has 0 radical (unpaired) electrons. The summed E-state index contributed by atoms with van der Waals surface area (Å²) in [6.45, 7) is 2.28. The Kier molecular flexibility index (Phi) is 7.07. The molecule has 4 rings (SSSR count). The van der Waals surface area contributed by atoms with Gasteiger partial charge < -0.3 is 16.0 Å². The van der Waals surface area contributed by atoms with Gasteiger partial charge in [-0.15, -0.1) is 13.2 Å². The first-order valence-electron chi connectivity index (χ1n) is 11.1. The molecule has 3 amide bonds. The molecule has 12 heteroatoms. The van der Waals surface area contributed by atoms with Gasteiger partial charge in [0.05, 0.1) is 17.8 Å². The molecule has 1 aromatic carbocycles. The average molecular weight is 505 g/mol. The van der Waals surface area contributed by atoms with Gasteiger partial charge in [-0.1, -0.05) is 0 Å². The number of aryl methyl sites for hydroxylation is 2. The number of fused-ring (bicyclic) bond motifs is 1. The molecule has 3 aromatic rings. The van der Waals surface area contributed by atoms with Crippen LogP contribution in [-0.2, 0) is 9.53 Å². The third-order valence-corrected chi connectivity index (χ3v) is 5.59. The third-order valence-electron chi connectivity index (χ3n) is 5.59. The normalized spacial score (nSPS) is 13.5. The Hall–Kier alpha value is -3.80. The molecule has 1 fully saturated rings. The van der Waals surface area contributed by atoms with Crippen molar-refractivity contribution < 1.29 is 31.9 Å². The zero-order valence-electron chi connectivity index (χ0n) is 19.4. The largest absolute Gasteiger partial charge is 0.522 e. The summed E-state index contributed by atoms with van der Waals surface area (Å²) in [5.74, 6) is -0.314. The SMILES string of the molecule is Cc1cc(F)c(NC(=O)NCCOC(F)(F)F)cc1-c1cc2cnc(NC(=O)C3CC3)cc2nc1C. The van der Waals surface area contributed by atoms with Crippen molar-refractivity contribution in [3.63, 3.8) is 0 Å². The summed E-state index contributed by atoms with van der Waals surface area (Å²) in [5, 5.41) is 7.97. The van der Waals surface area contributed by atoms with E-state index in [0.29, 0.717) is 39.1 Å². The van der Waals surface area contributed by atoms with Gasteiger partial charge in [0.25, 0.3) is 0 Å². The predicted octanol–water partition coefficient (Wildman–Crippen LogP) is 5.06. The Labute approximate surface area is 203 Å². The summed E-state index contributed by atoms with van der Waals surface area (Å²) >= 11 is 0. The number of anilines is 2. The number of amides is 3. The van der Waals surface area contributed by atoms with Crippen LogP contribution < -0.4 is 16.0 Å². The van der Waals surface area contributed by atoms with Gasteiger partial charge in [0.1, 0.15) is 11.6 Å². The summed E-state index contributed by atoms with van der Waals surface area (Å²) in [6, 6.07) is 5.31. The molecule has 2 heterocycles. The van der Waals surface area contributed by atoms with E-state index in [1.165, 1.54) is 12.1 Å². The number of hydrogen-bond acceptors (Lipinski definition) is 5. The number of ether oxygens (including phenoxy) is 1. The molecule has 0 bridgehead atoms. The molecule has 1 aliphatic rings. The van der Waals surface area contributed by atoms with Crippen LogP contribution in [0.3, 0.4) is 0 Å². The number of urea groups is 1. The first-order valence-corrected chi connectivity index (χ1v) is 11.1. The number of nitrogens with one attached hydrogen (secondary N) is 3. The van der Waals surface area contributed by atoms with E-state index >= 15 is 0 Å². The van der Waals surface area contributed by atoms with Crippen molar-refractivity contribution in [1.82, 2.24) is 15.3 Å². The van der Waals surface area contributed by atoms with Crippen molar-refractivity contribution >= 4 is 34.3 Å². The molecule has 1 saturated carbocycles. The Morgan fingerprint density at radius 1 is 1.08 bits per heavy atom. The Morgan fingerprint density at radius 3 is 2.53 bits per heavy atom. The number of hydrogen-bond donors (Lipinski definition) is 3. The highest BCUT2D eigenvalue weighted by Gasteiger charge is 2.30. The van der Waals surface area contributed by atoms with Crippen molar-refractivity contribution in [3.05, 3.63) is 47.5 Å². The smallest absolute Gasteiger partial charge is 0.336 e. The van der Waals surface area contributed by atoms with Crippen molar-refractivity contribution in [2.45, 2.75) is 33.1 Å². The van der Waals surface area contributed by atoms with Crippen LogP contribution in [0.4, 0.5) is 33.9 Å². The lowest BCUT2D eigenvalue weighted by molar-refractivity contribution is -0.323. The number of halogens is 4. The lowest BCUT2D eigenvalue weighted by Gasteiger charge is -2.15. The average Bonchev–Trinajstić information content (AvgIpc) is 3.63. The maximum atomic E-state index is 14.5. The monoisotopic (exact) mass is 505 g/mol. The van der Waals surface area contributed by atoms with Gasteiger partial charge in [-0.25, -0.2) is 14.2 Å². The Balaban J connectivity index is 1.53. The van der Waals surface area contributed by atoms with E-state index in [2.05, 4.69) is 30.7 Å². The molecular formula is C24H23F4N5O3. The fourth-order valence-corrected chi connectivity index (χ4v) is 3.64. The lowest BCUT2D eigenvalue weighted by atomic mass is 9.97. The van der Waals surface area contributed by atoms with Gasteiger partial charge in [-0.05, 0) is 56.0 Å². The summed E-state index contributed by atoms with van der Waals surface area (Å²) < 4.78 is 54.2. The molecule has 0 unspecified atom stereocenters. The van der Waals surface area contributed by atoms with Crippen LogP contribution in [0.1, 0.15) is 24.1 Å². The maximum Gasteiger partial charge on any atom is 0.522 e. The van der Waals surface area contributed by atoms with Crippen LogP contribution in [0.5, 0.6) is 0 Å². The van der Waals surface area contributed by atoms with E-state index in [1.807, 2.05) is 6.07 Å². The van der Waals surface area contributed by atoms with Gasteiger partial charge in [0.15, 0.2) is 0 Å². The number of rotatable bonds is 7. The van der Waals surface area contributed by atoms with Crippen LogP contribution in [0.15, 0.2) is 30.5 Å². The molecule has 1 aliphatic carbocycles. The third kappa shape index (κ3) is 6.25. The van der Waals surface area contributed by atoms with Crippen LogP contribution in [-0.4, -0.2) is 41.4 Å². The zero-order valence-corrected chi connectivity index (χ0v) is 19.4. The number of alkyl halides is 3. The molecule has 8 nitrogen and oxygen atoms in total. The van der Waals surface area contributed by atoms with Crippen molar-refractivity contribution in [2.24, 2.45) is 5.92 Å². The van der Waals surface area contributed by atoms with E-state index in [4.69, 9.17) is 0 Å². The lowest BCUT2D eigenvalue weighted by Crippen LogP contribution is -2.33. The molecule has 190 valence electrons.